The standard InChI is InChI=1S/C21H23ClN2O3/c1-3-27-19-9-6-15(12-14(19)2)20(25)23-18-8-7-16(22)13-17(18)21(26)24-10-4-5-11-24/h6-9,12-13H,3-5,10-11H2,1-2H3,(H,23,25). The van der Waals surface area contributed by atoms with Gasteiger partial charge in [-0.15, -0.1) is 0 Å². The summed E-state index contributed by atoms with van der Waals surface area (Å²) in [7, 11) is 0. The Balaban J connectivity index is 1.83. The maximum atomic E-state index is 12.8. The van der Waals surface area contributed by atoms with Gasteiger partial charge in [-0.1, -0.05) is 11.6 Å². The molecule has 3 rings (SSSR count). The minimum Gasteiger partial charge on any atom is -0.494 e. The second-order valence-corrected chi connectivity index (χ2v) is 6.99. The van der Waals surface area contributed by atoms with E-state index in [-0.39, 0.29) is 11.8 Å². The van der Waals surface area contributed by atoms with Crippen LogP contribution in [0.2, 0.25) is 5.02 Å². The first-order valence-electron chi connectivity index (χ1n) is 9.13. The number of anilines is 1. The van der Waals surface area contributed by atoms with Crippen molar-refractivity contribution >= 4 is 29.1 Å². The lowest BCUT2D eigenvalue weighted by atomic mass is 10.1. The maximum Gasteiger partial charge on any atom is 0.256 e. The van der Waals surface area contributed by atoms with E-state index in [1.807, 2.05) is 13.8 Å². The lowest BCUT2D eigenvalue weighted by molar-refractivity contribution is 0.0794. The van der Waals surface area contributed by atoms with Crippen LogP contribution < -0.4 is 10.1 Å². The highest BCUT2D eigenvalue weighted by molar-refractivity contribution is 6.31. The van der Waals surface area contributed by atoms with Crippen LogP contribution in [0.5, 0.6) is 5.75 Å². The van der Waals surface area contributed by atoms with E-state index in [0.717, 1.165) is 37.2 Å². The van der Waals surface area contributed by atoms with Crippen LogP contribution in [0.3, 0.4) is 0 Å². The Hall–Kier alpha value is -2.53. The van der Waals surface area contributed by atoms with Crippen molar-refractivity contribution in [2.75, 3.05) is 25.0 Å². The number of hydrogen-bond donors (Lipinski definition) is 1. The van der Waals surface area contributed by atoms with Gasteiger partial charge in [0.05, 0.1) is 17.9 Å². The predicted molar refractivity (Wildman–Crippen MR) is 107 cm³/mol. The average molecular weight is 387 g/mol. The van der Waals surface area contributed by atoms with Crippen molar-refractivity contribution in [3.63, 3.8) is 0 Å². The van der Waals surface area contributed by atoms with Crippen LogP contribution in [0.1, 0.15) is 46.0 Å². The number of nitrogens with zero attached hydrogens (tertiary/aromatic N) is 1. The van der Waals surface area contributed by atoms with E-state index in [2.05, 4.69) is 5.32 Å². The fourth-order valence-electron chi connectivity index (χ4n) is 3.20. The van der Waals surface area contributed by atoms with Crippen molar-refractivity contribution in [3.8, 4) is 5.75 Å². The van der Waals surface area contributed by atoms with Crippen molar-refractivity contribution in [1.82, 2.24) is 4.90 Å². The van der Waals surface area contributed by atoms with E-state index in [0.29, 0.717) is 28.4 Å². The number of rotatable bonds is 5. The number of benzene rings is 2. The predicted octanol–water partition coefficient (Wildman–Crippen LogP) is 4.54. The lowest BCUT2D eigenvalue weighted by Crippen LogP contribution is -2.28. The summed E-state index contributed by atoms with van der Waals surface area (Å²) in [6.45, 7) is 5.85. The van der Waals surface area contributed by atoms with E-state index in [1.54, 1.807) is 41.3 Å². The molecule has 142 valence electrons. The molecule has 2 aromatic rings. The van der Waals surface area contributed by atoms with Crippen molar-refractivity contribution in [2.45, 2.75) is 26.7 Å². The molecule has 1 aliphatic rings. The lowest BCUT2D eigenvalue weighted by Gasteiger charge is -2.18. The molecule has 1 N–H and O–H groups in total. The summed E-state index contributed by atoms with van der Waals surface area (Å²) >= 11 is 6.09. The third-order valence-corrected chi connectivity index (χ3v) is 4.83. The third kappa shape index (κ3) is 4.42. The molecule has 2 amide bonds. The first-order chi connectivity index (χ1) is 13.0. The summed E-state index contributed by atoms with van der Waals surface area (Å²) in [5.74, 6) is 0.373. The van der Waals surface area contributed by atoms with Crippen LogP contribution in [0.25, 0.3) is 0 Å². The molecule has 0 atom stereocenters. The van der Waals surface area contributed by atoms with E-state index in [4.69, 9.17) is 16.3 Å². The minimum atomic E-state index is -0.279. The van der Waals surface area contributed by atoms with Gasteiger partial charge in [-0.25, -0.2) is 0 Å². The Bertz CT molecular complexity index is 861. The largest absolute Gasteiger partial charge is 0.494 e. The highest BCUT2D eigenvalue weighted by atomic mass is 35.5. The number of carbonyl (C=O) groups excluding carboxylic acids is 2. The van der Waals surface area contributed by atoms with E-state index < -0.39 is 0 Å². The molecule has 1 fully saturated rings. The highest BCUT2D eigenvalue weighted by Gasteiger charge is 2.23. The summed E-state index contributed by atoms with van der Waals surface area (Å²) in [6, 6.07) is 10.2. The molecule has 0 radical (unpaired) electrons. The van der Waals surface area contributed by atoms with Gasteiger partial charge in [-0.2, -0.15) is 0 Å². The maximum absolute atomic E-state index is 12.8. The molecule has 6 heteroatoms. The van der Waals surface area contributed by atoms with Gasteiger partial charge in [-0.3, -0.25) is 9.59 Å². The molecule has 1 heterocycles. The molecule has 1 saturated heterocycles. The van der Waals surface area contributed by atoms with Crippen LogP contribution >= 0.6 is 11.6 Å². The first kappa shape index (κ1) is 19.2. The zero-order chi connectivity index (χ0) is 19.4. The van der Waals surface area contributed by atoms with Crippen LogP contribution in [0, 0.1) is 6.92 Å². The summed E-state index contributed by atoms with van der Waals surface area (Å²) in [5.41, 5.74) is 2.27. The van der Waals surface area contributed by atoms with Gasteiger partial charge in [-0.05, 0) is 68.7 Å². The zero-order valence-electron chi connectivity index (χ0n) is 15.5. The third-order valence-electron chi connectivity index (χ3n) is 4.59. The molecule has 1 aliphatic heterocycles. The summed E-state index contributed by atoms with van der Waals surface area (Å²) in [4.78, 5) is 27.3. The fraction of sp³-hybridized carbons (Fsp3) is 0.333. The molecule has 5 nitrogen and oxygen atoms in total. The highest BCUT2D eigenvalue weighted by Crippen LogP contribution is 2.25. The number of nitrogens with one attached hydrogen (secondary N) is 1. The topological polar surface area (TPSA) is 58.6 Å². The number of ether oxygens (including phenoxy) is 1. The quantitative estimate of drug-likeness (QED) is 0.820. The second kappa shape index (κ2) is 8.44. The SMILES string of the molecule is CCOc1ccc(C(=O)Nc2ccc(Cl)cc2C(=O)N2CCCC2)cc1C. The van der Waals surface area contributed by atoms with Crippen molar-refractivity contribution in [2.24, 2.45) is 0 Å². The van der Waals surface area contributed by atoms with Crippen molar-refractivity contribution < 1.29 is 14.3 Å². The van der Waals surface area contributed by atoms with Gasteiger partial charge < -0.3 is 15.0 Å². The van der Waals surface area contributed by atoms with E-state index in [1.165, 1.54) is 0 Å². The number of carbonyl (C=O) groups is 2. The normalized spacial score (nSPS) is 13.5. The molecule has 0 saturated carbocycles. The first-order valence-corrected chi connectivity index (χ1v) is 9.51. The van der Waals surface area contributed by atoms with Crippen LogP contribution in [-0.4, -0.2) is 36.4 Å². The Kier molecular flexibility index (Phi) is 6.01. The Morgan fingerprint density at radius 2 is 1.89 bits per heavy atom. The number of halogens is 1. The summed E-state index contributed by atoms with van der Waals surface area (Å²) in [6.07, 6.45) is 2.00. The van der Waals surface area contributed by atoms with Gasteiger partial charge in [0.25, 0.3) is 11.8 Å². The average Bonchev–Trinajstić information content (AvgIpc) is 3.19. The minimum absolute atomic E-state index is 0.104. The van der Waals surface area contributed by atoms with E-state index >= 15 is 0 Å². The van der Waals surface area contributed by atoms with Gasteiger partial charge in [0, 0.05) is 23.7 Å². The number of likely N-dealkylation sites (tertiary alicyclic amines) is 1. The number of amides is 2. The molecule has 0 spiro atoms. The van der Waals surface area contributed by atoms with Crippen molar-refractivity contribution in [3.05, 3.63) is 58.1 Å². The molecule has 0 aromatic heterocycles. The van der Waals surface area contributed by atoms with Crippen LogP contribution in [0.4, 0.5) is 5.69 Å². The Labute approximate surface area is 164 Å². The number of aryl methyl sites for hydroxylation is 1. The molecule has 0 bridgehead atoms. The Morgan fingerprint density at radius 1 is 1.15 bits per heavy atom. The summed E-state index contributed by atoms with van der Waals surface area (Å²) < 4.78 is 5.51. The summed E-state index contributed by atoms with van der Waals surface area (Å²) in [5, 5.41) is 3.32. The van der Waals surface area contributed by atoms with Crippen LogP contribution in [-0.2, 0) is 0 Å². The van der Waals surface area contributed by atoms with Gasteiger partial charge in [0.15, 0.2) is 0 Å². The molecule has 27 heavy (non-hydrogen) atoms. The molecule has 0 aliphatic carbocycles. The van der Waals surface area contributed by atoms with E-state index in [9.17, 15) is 9.59 Å². The molecule has 0 unspecified atom stereocenters. The molecular formula is C21H23ClN2O3. The van der Waals surface area contributed by atoms with Gasteiger partial charge in [0.2, 0.25) is 0 Å². The fourth-order valence-corrected chi connectivity index (χ4v) is 3.37. The molecule has 2 aromatic carbocycles. The number of hydrogen-bond acceptors (Lipinski definition) is 3. The second-order valence-electron chi connectivity index (χ2n) is 6.56. The van der Waals surface area contributed by atoms with Gasteiger partial charge >= 0.3 is 0 Å². The van der Waals surface area contributed by atoms with Crippen LogP contribution in [0.15, 0.2) is 36.4 Å². The van der Waals surface area contributed by atoms with Gasteiger partial charge in [0.1, 0.15) is 5.75 Å². The Morgan fingerprint density at radius 3 is 2.56 bits per heavy atom. The molecular weight excluding hydrogens is 364 g/mol. The van der Waals surface area contributed by atoms with Crippen molar-refractivity contribution in [1.29, 1.82) is 0 Å². The monoisotopic (exact) mass is 386 g/mol. The zero-order valence-corrected chi connectivity index (χ0v) is 16.3. The smallest absolute Gasteiger partial charge is 0.256 e.